The summed E-state index contributed by atoms with van der Waals surface area (Å²) in [5.74, 6) is 0.127. The maximum Gasteiger partial charge on any atom is 0.238 e. The number of anilines is 1. The van der Waals surface area contributed by atoms with Gasteiger partial charge in [0.2, 0.25) is 11.8 Å². The molecule has 1 unspecified atom stereocenters. The molecular weight excluding hydrogens is 400 g/mol. The quantitative estimate of drug-likeness (QED) is 0.577. The smallest absolute Gasteiger partial charge is 0.238 e. The number of benzene rings is 2. The number of thioether (sulfide) groups is 1. The molecule has 1 aliphatic heterocycles. The average Bonchev–Trinajstić information content (AvgIpc) is 2.70. The van der Waals surface area contributed by atoms with Gasteiger partial charge < -0.3 is 15.4 Å². The van der Waals surface area contributed by atoms with Crippen molar-refractivity contribution in [3.63, 3.8) is 0 Å². The first-order chi connectivity index (χ1) is 13.5. The number of nitrogens with one attached hydrogen (secondary N) is 2. The lowest BCUT2D eigenvalue weighted by molar-refractivity contribution is -0.123. The Morgan fingerprint density at radius 1 is 1.29 bits per heavy atom. The summed E-state index contributed by atoms with van der Waals surface area (Å²) in [5, 5.41) is 13.4. The number of para-hydroxylation sites is 1. The van der Waals surface area contributed by atoms with Crippen molar-refractivity contribution in [2.75, 3.05) is 12.4 Å². The second-order valence-electron chi connectivity index (χ2n) is 5.75. The zero-order valence-corrected chi connectivity index (χ0v) is 16.5. The van der Waals surface area contributed by atoms with E-state index in [2.05, 4.69) is 20.8 Å². The van der Waals surface area contributed by atoms with Crippen LogP contribution in [0.1, 0.15) is 12.0 Å². The highest BCUT2D eigenvalue weighted by Gasteiger charge is 2.30. The lowest BCUT2D eigenvalue weighted by Crippen LogP contribution is -2.41. The van der Waals surface area contributed by atoms with Crippen LogP contribution >= 0.6 is 23.4 Å². The van der Waals surface area contributed by atoms with E-state index in [1.54, 1.807) is 49.7 Å². The first-order valence-corrected chi connectivity index (χ1v) is 9.58. The fraction of sp³-hybridized carbons (Fsp3) is 0.158. The molecule has 1 atom stereocenters. The molecule has 2 aromatic carbocycles. The summed E-state index contributed by atoms with van der Waals surface area (Å²) in [5.41, 5.74) is 1.32. The summed E-state index contributed by atoms with van der Waals surface area (Å²) in [6, 6.07) is 14.2. The Hall–Kier alpha value is -2.84. The summed E-state index contributed by atoms with van der Waals surface area (Å²) in [4.78, 5) is 24.4. The molecule has 1 saturated heterocycles. The van der Waals surface area contributed by atoms with Gasteiger partial charge in [-0.1, -0.05) is 35.5 Å². The molecule has 144 valence electrons. The predicted molar refractivity (Wildman–Crippen MR) is 112 cm³/mol. The summed E-state index contributed by atoms with van der Waals surface area (Å²) in [7, 11) is 1.59. The Kier molecular flexibility index (Phi) is 6.67. The summed E-state index contributed by atoms with van der Waals surface area (Å²) in [6.45, 7) is 0. The molecule has 0 aromatic heterocycles. The van der Waals surface area contributed by atoms with Gasteiger partial charge in [0.1, 0.15) is 11.0 Å². The topological polar surface area (TPSA) is 92.2 Å². The Bertz CT molecular complexity index is 931. The highest BCUT2D eigenvalue weighted by atomic mass is 35.5. The van der Waals surface area contributed by atoms with Gasteiger partial charge in [-0.05, 0) is 42.0 Å². The van der Waals surface area contributed by atoms with Crippen molar-refractivity contribution in [2.45, 2.75) is 11.7 Å². The molecule has 2 N–H and O–H groups in total. The molecule has 0 radical (unpaired) electrons. The SMILES string of the molecule is COc1ccc(/C=N/N=C2/NC(=O)CC(C(=O)Nc3ccccc3Cl)S2)cc1. The Morgan fingerprint density at radius 2 is 2.04 bits per heavy atom. The van der Waals surface area contributed by atoms with Gasteiger partial charge >= 0.3 is 0 Å². The standard InChI is InChI=1S/C19H17ClN4O3S/c1-27-13-8-6-12(7-9-13)11-21-24-19-23-17(25)10-16(28-19)18(26)22-15-5-3-2-4-14(15)20/h2-9,11,16H,10H2,1H3,(H,22,26)(H,23,24,25)/b21-11+. The largest absolute Gasteiger partial charge is 0.497 e. The first kappa shape index (κ1) is 19.9. The van der Waals surface area contributed by atoms with Gasteiger partial charge in [-0.15, -0.1) is 5.10 Å². The molecule has 2 amide bonds. The van der Waals surface area contributed by atoms with Crippen molar-refractivity contribution >= 4 is 52.2 Å². The number of halogens is 1. The summed E-state index contributed by atoms with van der Waals surface area (Å²) >= 11 is 7.20. The number of hydrogen-bond donors (Lipinski definition) is 2. The van der Waals surface area contributed by atoms with Crippen molar-refractivity contribution in [3.05, 3.63) is 59.1 Å². The second-order valence-corrected chi connectivity index (χ2v) is 7.35. The Morgan fingerprint density at radius 3 is 2.75 bits per heavy atom. The van der Waals surface area contributed by atoms with Crippen LogP contribution in [0.4, 0.5) is 5.69 Å². The number of methoxy groups -OCH3 is 1. The summed E-state index contributed by atoms with van der Waals surface area (Å²) < 4.78 is 5.10. The van der Waals surface area contributed by atoms with Gasteiger partial charge in [-0.3, -0.25) is 9.59 Å². The molecule has 9 heteroatoms. The van der Waals surface area contributed by atoms with Crippen molar-refractivity contribution < 1.29 is 14.3 Å². The minimum Gasteiger partial charge on any atom is -0.497 e. The normalized spacial score (nSPS) is 18.1. The van der Waals surface area contributed by atoms with Crippen molar-refractivity contribution in [2.24, 2.45) is 10.2 Å². The number of amidine groups is 1. The Balaban J connectivity index is 1.65. The molecule has 0 spiro atoms. The van der Waals surface area contributed by atoms with Gasteiger partial charge in [0.05, 0.1) is 24.0 Å². The van der Waals surface area contributed by atoms with Crippen molar-refractivity contribution in [1.29, 1.82) is 0 Å². The molecule has 1 fully saturated rings. The van der Waals surface area contributed by atoms with Crippen LogP contribution in [-0.2, 0) is 9.59 Å². The number of ether oxygens (including phenoxy) is 1. The minimum absolute atomic E-state index is 0.0438. The van der Waals surface area contributed by atoms with Crippen LogP contribution in [0.3, 0.4) is 0 Å². The van der Waals surface area contributed by atoms with Crippen LogP contribution in [-0.4, -0.2) is 35.6 Å². The molecule has 2 aromatic rings. The van der Waals surface area contributed by atoms with Crippen LogP contribution in [0.2, 0.25) is 5.02 Å². The van der Waals surface area contributed by atoms with E-state index < -0.39 is 5.25 Å². The van der Waals surface area contributed by atoms with Gasteiger partial charge in [-0.2, -0.15) is 5.10 Å². The third-order valence-electron chi connectivity index (χ3n) is 3.77. The summed E-state index contributed by atoms with van der Waals surface area (Å²) in [6.07, 6.45) is 1.59. The molecular formula is C19H17ClN4O3S. The number of carbonyl (C=O) groups is 2. The van der Waals surface area contributed by atoms with E-state index in [0.29, 0.717) is 10.7 Å². The lowest BCUT2D eigenvalue weighted by atomic mass is 10.2. The number of hydrogen-bond acceptors (Lipinski definition) is 6. The molecule has 0 aliphatic carbocycles. The second kappa shape index (κ2) is 9.38. The van der Waals surface area contributed by atoms with Gasteiger partial charge in [-0.25, -0.2) is 0 Å². The highest BCUT2D eigenvalue weighted by Crippen LogP contribution is 2.25. The van der Waals surface area contributed by atoms with Gasteiger partial charge in [0.15, 0.2) is 5.17 Å². The zero-order valence-electron chi connectivity index (χ0n) is 14.9. The highest BCUT2D eigenvalue weighted by molar-refractivity contribution is 8.15. The van der Waals surface area contributed by atoms with Crippen LogP contribution in [0.15, 0.2) is 58.7 Å². The van der Waals surface area contributed by atoms with Crippen LogP contribution in [0.25, 0.3) is 0 Å². The third-order valence-corrected chi connectivity index (χ3v) is 5.17. The number of carbonyl (C=O) groups excluding carboxylic acids is 2. The maximum atomic E-state index is 12.5. The number of nitrogens with zero attached hydrogens (tertiary/aromatic N) is 2. The maximum absolute atomic E-state index is 12.5. The predicted octanol–water partition coefficient (Wildman–Crippen LogP) is 3.30. The van der Waals surface area contributed by atoms with Crippen LogP contribution in [0, 0.1) is 0 Å². The molecule has 0 bridgehead atoms. The van der Waals surface area contributed by atoms with Crippen LogP contribution in [0.5, 0.6) is 5.75 Å². The molecule has 0 saturated carbocycles. The first-order valence-electron chi connectivity index (χ1n) is 8.32. The average molecular weight is 417 g/mol. The molecule has 28 heavy (non-hydrogen) atoms. The van der Waals surface area contributed by atoms with E-state index in [1.807, 2.05) is 12.1 Å². The van der Waals surface area contributed by atoms with Crippen molar-refractivity contribution in [1.82, 2.24) is 5.32 Å². The van der Waals surface area contributed by atoms with E-state index in [4.69, 9.17) is 16.3 Å². The van der Waals surface area contributed by atoms with E-state index in [0.717, 1.165) is 23.1 Å². The lowest BCUT2D eigenvalue weighted by Gasteiger charge is -2.21. The number of rotatable bonds is 5. The zero-order chi connectivity index (χ0) is 19.9. The van der Waals surface area contributed by atoms with E-state index in [-0.39, 0.29) is 23.4 Å². The fourth-order valence-electron chi connectivity index (χ4n) is 2.35. The van der Waals surface area contributed by atoms with E-state index in [9.17, 15) is 9.59 Å². The Labute approximate surface area is 171 Å². The van der Waals surface area contributed by atoms with Crippen molar-refractivity contribution in [3.8, 4) is 5.75 Å². The third kappa shape index (κ3) is 5.34. The fourth-order valence-corrected chi connectivity index (χ4v) is 3.47. The van der Waals surface area contributed by atoms with E-state index in [1.165, 1.54) is 0 Å². The monoisotopic (exact) mass is 416 g/mol. The van der Waals surface area contributed by atoms with Gasteiger partial charge in [0, 0.05) is 6.42 Å². The van der Waals surface area contributed by atoms with E-state index >= 15 is 0 Å². The minimum atomic E-state index is -0.625. The number of amides is 2. The molecule has 3 rings (SSSR count). The van der Waals surface area contributed by atoms with Crippen LogP contribution < -0.4 is 15.4 Å². The molecule has 1 heterocycles. The molecule has 7 nitrogen and oxygen atoms in total. The molecule has 1 aliphatic rings. The van der Waals surface area contributed by atoms with Gasteiger partial charge in [0.25, 0.3) is 0 Å².